The standard InChI is InChI=1S/C25H27N3O3/c1-2-31-17-9-16-26-24(29)19-10-8-13-21(18-19)28-25(30)22-14-6-7-15-23(22)27-20-11-4-3-5-12-20/h3-8,10-15,18,27H,2,9,16-17H2,1H3,(H,26,29)(H,28,30). The van der Waals surface area contributed by atoms with Crippen LogP contribution in [-0.4, -0.2) is 31.6 Å². The largest absolute Gasteiger partial charge is 0.382 e. The van der Waals surface area contributed by atoms with Gasteiger partial charge in [-0.1, -0.05) is 36.4 Å². The number of hydrogen-bond acceptors (Lipinski definition) is 4. The number of amides is 2. The van der Waals surface area contributed by atoms with Gasteiger partial charge in [0.25, 0.3) is 11.8 Å². The lowest BCUT2D eigenvalue weighted by atomic mass is 10.1. The molecule has 3 aromatic rings. The van der Waals surface area contributed by atoms with Crippen molar-refractivity contribution in [2.75, 3.05) is 30.4 Å². The number of benzene rings is 3. The van der Waals surface area contributed by atoms with Gasteiger partial charge in [0.15, 0.2) is 0 Å². The van der Waals surface area contributed by atoms with Crippen molar-refractivity contribution in [2.24, 2.45) is 0 Å². The molecule has 31 heavy (non-hydrogen) atoms. The zero-order valence-corrected chi connectivity index (χ0v) is 17.6. The predicted octanol–water partition coefficient (Wildman–Crippen LogP) is 4.84. The van der Waals surface area contributed by atoms with Crippen LogP contribution in [0, 0.1) is 0 Å². The molecule has 6 nitrogen and oxygen atoms in total. The molecule has 0 aliphatic carbocycles. The van der Waals surface area contributed by atoms with Crippen LogP contribution in [0.3, 0.4) is 0 Å². The van der Waals surface area contributed by atoms with Crippen LogP contribution in [-0.2, 0) is 4.74 Å². The Balaban J connectivity index is 1.65. The van der Waals surface area contributed by atoms with E-state index in [0.717, 1.165) is 12.1 Å². The topological polar surface area (TPSA) is 79.5 Å². The molecule has 0 unspecified atom stereocenters. The Labute approximate surface area is 182 Å². The van der Waals surface area contributed by atoms with Crippen molar-refractivity contribution in [3.63, 3.8) is 0 Å². The molecule has 3 aromatic carbocycles. The van der Waals surface area contributed by atoms with Crippen molar-refractivity contribution >= 4 is 28.9 Å². The van der Waals surface area contributed by atoms with E-state index >= 15 is 0 Å². The molecule has 0 aliphatic rings. The first-order chi connectivity index (χ1) is 15.2. The summed E-state index contributed by atoms with van der Waals surface area (Å²) in [5.74, 6) is -0.438. The van der Waals surface area contributed by atoms with Crippen molar-refractivity contribution in [1.82, 2.24) is 5.32 Å². The van der Waals surface area contributed by atoms with Gasteiger partial charge in [0.05, 0.1) is 11.3 Å². The smallest absolute Gasteiger partial charge is 0.257 e. The van der Waals surface area contributed by atoms with Crippen LogP contribution in [0.15, 0.2) is 78.9 Å². The quantitative estimate of drug-likeness (QED) is 0.413. The molecule has 0 fully saturated rings. The molecule has 0 aromatic heterocycles. The Bertz CT molecular complexity index is 1010. The first-order valence-electron chi connectivity index (χ1n) is 10.4. The normalized spacial score (nSPS) is 10.4. The highest BCUT2D eigenvalue weighted by Gasteiger charge is 2.13. The highest BCUT2D eigenvalue weighted by atomic mass is 16.5. The molecular formula is C25H27N3O3. The predicted molar refractivity (Wildman–Crippen MR) is 124 cm³/mol. The van der Waals surface area contributed by atoms with E-state index in [2.05, 4.69) is 16.0 Å². The SMILES string of the molecule is CCOCCCNC(=O)c1cccc(NC(=O)c2ccccc2Nc2ccccc2)c1. The van der Waals surface area contributed by atoms with E-state index in [-0.39, 0.29) is 11.8 Å². The molecule has 0 saturated heterocycles. The van der Waals surface area contributed by atoms with Crippen molar-refractivity contribution in [1.29, 1.82) is 0 Å². The second-order valence-corrected chi connectivity index (χ2v) is 6.88. The molecule has 0 spiro atoms. The van der Waals surface area contributed by atoms with Gasteiger partial charge in [-0.05, 0) is 55.8 Å². The van der Waals surface area contributed by atoms with E-state index in [4.69, 9.17) is 4.74 Å². The molecule has 3 N–H and O–H groups in total. The van der Waals surface area contributed by atoms with E-state index in [1.165, 1.54) is 0 Å². The molecule has 0 aliphatic heterocycles. The number of carbonyl (C=O) groups is 2. The molecule has 0 heterocycles. The zero-order chi connectivity index (χ0) is 21.9. The third-order valence-electron chi connectivity index (χ3n) is 4.56. The average Bonchev–Trinajstić information content (AvgIpc) is 2.80. The summed E-state index contributed by atoms with van der Waals surface area (Å²) in [6, 6.07) is 23.9. The molecule has 0 atom stereocenters. The Morgan fingerprint density at radius 2 is 1.58 bits per heavy atom. The van der Waals surface area contributed by atoms with E-state index in [1.807, 2.05) is 55.5 Å². The fourth-order valence-electron chi connectivity index (χ4n) is 3.03. The molecule has 160 valence electrons. The molecule has 3 rings (SSSR count). The van der Waals surface area contributed by atoms with Crippen LogP contribution in [0.4, 0.5) is 17.1 Å². The Morgan fingerprint density at radius 3 is 2.39 bits per heavy atom. The third-order valence-corrected chi connectivity index (χ3v) is 4.56. The first kappa shape index (κ1) is 22.1. The maximum atomic E-state index is 12.9. The molecule has 0 saturated carbocycles. The van der Waals surface area contributed by atoms with E-state index in [0.29, 0.717) is 42.3 Å². The van der Waals surface area contributed by atoms with Gasteiger partial charge in [0, 0.05) is 36.7 Å². The summed E-state index contributed by atoms with van der Waals surface area (Å²) in [7, 11) is 0. The number of ether oxygens (including phenoxy) is 1. The fraction of sp³-hybridized carbons (Fsp3) is 0.200. The van der Waals surface area contributed by atoms with Gasteiger partial charge in [-0.15, -0.1) is 0 Å². The van der Waals surface area contributed by atoms with Gasteiger partial charge < -0.3 is 20.7 Å². The fourth-order valence-corrected chi connectivity index (χ4v) is 3.03. The Morgan fingerprint density at radius 1 is 0.839 bits per heavy atom. The van der Waals surface area contributed by atoms with Crippen LogP contribution < -0.4 is 16.0 Å². The number of carbonyl (C=O) groups excluding carboxylic acids is 2. The molecule has 0 bridgehead atoms. The average molecular weight is 418 g/mol. The van der Waals surface area contributed by atoms with Gasteiger partial charge in [0.2, 0.25) is 0 Å². The van der Waals surface area contributed by atoms with Crippen LogP contribution in [0.5, 0.6) is 0 Å². The lowest BCUT2D eigenvalue weighted by Crippen LogP contribution is -2.25. The lowest BCUT2D eigenvalue weighted by molar-refractivity contribution is 0.0943. The molecular weight excluding hydrogens is 390 g/mol. The summed E-state index contributed by atoms with van der Waals surface area (Å²) >= 11 is 0. The van der Waals surface area contributed by atoms with Gasteiger partial charge in [-0.3, -0.25) is 9.59 Å². The second-order valence-electron chi connectivity index (χ2n) is 6.88. The minimum absolute atomic E-state index is 0.182. The van der Waals surface area contributed by atoms with Crippen molar-refractivity contribution < 1.29 is 14.3 Å². The minimum Gasteiger partial charge on any atom is -0.382 e. The van der Waals surface area contributed by atoms with Crippen molar-refractivity contribution in [2.45, 2.75) is 13.3 Å². The van der Waals surface area contributed by atoms with Gasteiger partial charge >= 0.3 is 0 Å². The molecule has 0 radical (unpaired) electrons. The zero-order valence-electron chi connectivity index (χ0n) is 17.6. The summed E-state index contributed by atoms with van der Waals surface area (Å²) in [6.07, 6.45) is 0.751. The molecule has 2 amide bonds. The van der Waals surface area contributed by atoms with E-state index in [9.17, 15) is 9.59 Å². The van der Waals surface area contributed by atoms with Crippen LogP contribution in [0.2, 0.25) is 0 Å². The number of rotatable bonds is 10. The van der Waals surface area contributed by atoms with Gasteiger partial charge in [-0.25, -0.2) is 0 Å². The monoisotopic (exact) mass is 417 g/mol. The third kappa shape index (κ3) is 6.69. The van der Waals surface area contributed by atoms with Crippen LogP contribution in [0.25, 0.3) is 0 Å². The van der Waals surface area contributed by atoms with Crippen molar-refractivity contribution in [3.8, 4) is 0 Å². The number of para-hydroxylation sites is 2. The Kier molecular flexibility index (Phi) is 8.20. The first-order valence-corrected chi connectivity index (χ1v) is 10.4. The number of hydrogen-bond donors (Lipinski definition) is 3. The second kappa shape index (κ2) is 11.5. The van der Waals surface area contributed by atoms with E-state index in [1.54, 1.807) is 30.3 Å². The maximum absolute atomic E-state index is 12.9. The summed E-state index contributed by atoms with van der Waals surface area (Å²) in [6.45, 7) is 3.76. The van der Waals surface area contributed by atoms with Crippen LogP contribution in [0.1, 0.15) is 34.1 Å². The summed E-state index contributed by atoms with van der Waals surface area (Å²) in [5, 5.41) is 9.02. The summed E-state index contributed by atoms with van der Waals surface area (Å²) in [4.78, 5) is 25.3. The van der Waals surface area contributed by atoms with E-state index < -0.39 is 0 Å². The highest BCUT2D eigenvalue weighted by molar-refractivity contribution is 6.09. The van der Waals surface area contributed by atoms with Gasteiger partial charge in [-0.2, -0.15) is 0 Å². The Hall–Kier alpha value is -3.64. The summed E-state index contributed by atoms with van der Waals surface area (Å²) < 4.78 is 5.27. The summed E-state index contributed by atoms with van der Waals surface area (Å²) in [5.41, 5.74) is 3.16. The maximum Gasteiger partial charge on any atom is 0.257 e. The van der Waals surface area contributed by atoms with Gasteiger partial charge in [0.1, 0.15) is 0 Å². The number of anilines is 3. The number of nitrogens with one attached hydrogen (secondary N) is 3. The molecule has 6 heteroatoms. The van der Waals surface area contributed by atoms with Crippen LogP contribution >= 0.6 is 0 Å². The lowest BCUT2D eigenvalue weighted by Gasteiger charge is -2.13. The highest BCUT2D eigenvalue weighted by Crippen LogP contribution is 2.22. The minimum atomic E-state index is -0.256. The van der Waals surface area contributed by atoms with Crippen molar-refractivity contribution in [3.05, 3.63) is 90.0 Å².